The first kappa shape index (κ1) is 9.40. The molecular weight excluding hydrogens is 135 g/mol. The standard InChI is InChI=1S/C7H13FO2/c1-5(2)3-4-6(8)7(9)10/h5-6H,3-4H2,1-2H3,(H,9,10). The van der Waals surface area contributed by atoms with Gasteiger partial charge in [-0.2, -0.15) is 0 Å². The Hall–Kier alpha value is -0.600. The SMILES string of the molecule is CC(C)CCC(F)C(=O)O. The molecule has 0 bridgehead atoms. The lowest BCUT2D eigenvalue weighted by Crippen LogP contribution is -2.14. The molecule has 1 N–H and O–H groups in total. The lowest BCUT2D eigenvalue weighted by Gasteiger charge is -2.04. The van der Waals surface area contributed by atoms with E-state index in [-0.39, 0.29) is 6.42 Å². The van der Waals surface area contributed by atoms with Gasteiger partial charge in [-0.3, -0.25) is 0 Å². The Morgan fingerprint density at radius 3 is 2.30 bits per heavy atom. The van der Waals surface area contributed by atoms with Crippen LogP contribution in [-0.4, -0.2) is 17.2 Å². The maximum absolute atomic E-state index is 12.3. The molecule has 0 spiro atoms. The van der Waals surface area contributed by atoms with Crippen LogP contribution < -0.4 is 0 Å². The molecule has 1 atom stereocenters. The maximum Gasteiger partial charge on any atom is 0.338 e. The summed E-state index contributed by atoms with van der Waals surface area (Å²) in [7, 11) is 0. The Labute approximate surface area is 60.1 Å². The number of rotatable bonds is 4. The number of hydrogen-bond donors (Lipinski definition) is 1. The molecule has 0 aromatic heterocycles. The second-order valence-electron chi connectivity index (χ2n) is 2.78. The summed E-state index contributed by atoms with van der Waals surface area (Å²) in [5, 5.41) is 8.12. The summed E-state index contributed by atoms with van der Waals surface area (Å²) in [5.74, 6) is -0.974. The number of aliphatic carboxylic acids is 1. The Morgan fingerprint density at radius 1 is 1.50 bits per heavy atom. The molecule has 1 unspecified atom stereocenters. The molecule has 0 aliphatic carbocycles. The molecule has 0 saturated carbocycles. The average molecular weight is 148 g/mol. The third-order valence-corrected chi connectivity index (χ3v) is 1.27. The molecular formula is C7H13FO2. The van der Waals surface area contributed by atoms with Crippen molar-refractivity contribution >= 4 is 5.97 Å². The number of hydrogen-bond acceptors (Lipinski definition) is 1. The lowest BCUT2D eigenvalue weighted by atomic mass is 10.1. The van der Waals surface area contributed by atoms with E-state index in [9.17, 15) is 9.18 Å². The maximum atomic E-state index is 12.3. The van der Waals surface area contributed by atoms with Gasteiger partial charge in [0.2, 0.25) is 0 Å². The van der Waals surface area contributed by atoms with Crippen molar-refractivity contribution in [2.75, 3.05) is 0 Å². The van der Waals surface area contributed by atoms with E-state index in [0.717, 1.165) is 0 Å². The summed E-state index contributed by atoms with van der Waals surface area (Å²) in [5.41, 5.74) is 0. The molecule has 3 heteroatoms. The minimum atomic E-state index is -1.68. The molecule has 60 valence electrons. The van der Waals surface area contributed by atoms with Crippen LogP contribution in [0.5, 0.6) is 0 Å². The third-order valence-electron chi connectivity index (χ3n) is 1.27. The zero-order valence-corrected chi connectivity index (χ0v) is 6.30. The van der Waals surface area contributed by atoms with Crippen molar-refractivity contribution in [2.24, 2.45) is 5.92 Å². The number of carboxylic acid groups (broad SMARTS) is 1. The second-order valence-corrected chi connectivity index (χ2v) is 2.78. The van der Waals surface area contributed by atoms with Crippen LogP contribution in [0.3, 0.4) is 0 Å². The van der Waals surface area contributed by atoms with Crippen LogP contribution in [0.25, 0.3) is 0 Å². The van der Waals surface area contributed by atoms with Crippen LogP contribution in [-0.2, 0) is 4.79 Å². The number of alkyl halides is 1. The van der Waals surface area contributed by atoms with Gasteiger partial charge in [-0.25, -0.2) is 9.18 Å². The smallest absolute Gasteiger partial charge is 0.338 e. The Balaban J connectivity index is 3.40. The summed E-state index contributed by atoms with van der Waals surface area (Å²) in [6, 6.07) is 0. The van der Waals surface area contributed by atoms with Gasteiger partial charge in [0.1, 0.15) is 0 Å². The summed E-state index contributed by atoms with van der Waals surface area (Å²) >= 11 is 0. The van der Waals surface area contributed by atoms with Gasteiger partial charge < -0.3 is 5.11 Å². The number of halogens is 1. The largest absolute Gasteiger partial charge is 0.479 e. The van der Waals surface area contributed by atoms with Crippen molar-refractivity contribution in [1.29, 1.82) is 0 Å². The van der Waals surface area contributed by atoms with Gasteiger partial charge in [0.05, 0.1) is 0 Å². The monoisotopic (exact) mass is 148 g/mol. The Kier molecular flexibility index (Phi) is 4.00. The van der Waals surface area contributed by atoms with Gasteiger partial charge in [0.25, 0.3) is 0 Å². The Bertz CT molecular complexity index is 112. The fourth-order valence-corrected chi connectivity index (χ4v) is 0.603. The van der Waals surface area contributed by atoms with Gasteiger partial charge in [0.15, 0.2) is 6.17 Å². The average Bonchev–Trinajstić information content (AvgIpc) is 1.82. The van der Waals surface area contributed by atoms with Crippen LogP contribution in [0.15, 0.2) is 0 Å². The normalized spacial score (nSPS) is 13.6. The predicted octanol–water partition coefficient (Wildman–Crippen LogP) is 1.85. The predicted molar refractivity (Wildman–Crippen MR) is 36.6 cm³/mol. The first-order valence-electron chi connectivity index (χ1n) is 3.41. The lowest BCUT2D eigenvalue weighted by molar-refractivity contribution is -0.143. The van der Waals surface area contributed by atoms with Crippen LogP contribution in [0.2, 0.25) is 0 Å². The highest BCUT2D eigenvalue weighted by molar-refractivity contribution is 5.71. The first-order valence-corrected chi connectivity index (χ1v) is 3.41. The molecule has 0 saturated heterocycles. The Morgan fingerprint density at radius 2 is 2.00 bits per heavy atom. The number of carbonyl (C=O) groups is 1. The van der Waals surface area contributed by atoms with Crippen LogP contribution in [0, 0.1) is 5.92 Å². The molecule has 0 heterocycles. The quantitative estimate of drug-likeness (QED) is 0.660. The van der Waals surface area contributed by atoms with Crippen molar-refractivity contribution in [3.8, 4) is 0 Å². The van der Waals surface area contributed by atoms with Gasteiger partial charge in [-0.05, 0) is 18.8 Å². The molecule has 0 amide bonds. The van der Waals surface area contributed by atoms with E-state index in [4.69, 9.17) is 5.11 Å². The third kappa shape index (κ3) is 4.30. The zero-order chi connectivity index (χ0) is 8.15. The number of carboxylic acids is 1. The molecule has 2 nitrogen and oxygen atoms in total. The van der Waals surface area contributed by atoms with E-state index in [1.165, 1.54) is 0 Å². The molecule has 10 heavy (non-hydrogen) atoms. The topological polar surface area (TPSA) is 37.3 Å². The summed E-state index contributed by atoms with van der Waals surface area (Å²) in [6.07, 6.45) is -0.914. The van der Waals surface area contributed by atoms with Gasteiger partial charge >= 0.3 is 5.97 Å². The van der Waals surface area contributed by atoms with Crippen LogP contribution in [0.1, 0.15) is 26.7 Å². The fraction of sp³-hybridized carbons (Fsp3) is 0.857. The van der Waals surface area contributed by atoms with Crippen molar-refractivity contribution in [2.45, 2.75) is 32.9 Å². The zero-order valence-electron chi connectivity index (χ0n) is 6.30. The molecule has 0 aliphatic heterocycles. The fourth-order valence-electron chi connectivity index (χ4n) is 0.603. The minimum absolute atomic E-state index is 0.132. The van der Waals surface area contributed by atoms with Gasteiger partial charge in [0, 0.05) is 0 Å². The summed E-state index contributed by atoms with van der Waals surface area (Å²) < 4.78 is 12.3. The van der Waals surface area contributed by atoms with Gasteiger partial charge in [-0.15, -0.1) is 0 Å². The molecule has 0 fully saturated rings. The second kappa shape index (κ2) is 4.25. The first-order chi connectivity index (χ1) is 4.54. The van der Waals surface area contributed by atoms with Crippen molar-refractivity contribution in [3.05, 3.63) is 0 Å². The van der Waals surface area contributed by atoms with Crippen molar-refractivity contribution in [1.82, 2.24) is 0 Å². The molecule has 0 aliphatic rings. The molecule has 0 radical (unpaired) electrons. The van der Waals surface area contributed by atoms with E-state index in [2.05, 4.69) is 0 Å². The summed E-state index contributed by atoms with van der Waals surface area (Å²) in [4.78, 5) is 9.94. The van der Waals surface area contributed by atoms with E-state index < -0.39 is 12.1 Å². The molecule has 0 aromatic carbocycles. The molecule has 0 rings (SSSR count). The van der Waals surface area contributed by atoms with E-state index in [1.807, 2.05) is 13.8 Å². The summed E-state index contributed by atoms with van der Waals surface area (Å²) in [6.45, 7) is 3.88. The van der Waals surface area contributed by atoms with E-state index in [0.29, 0.717) is 12.3 Å². The van der Waals surface area contributed by atoms with E-state index >= 15 is 0 Å². The van der Waals surface area contributed by atoms with Crippen molar-refractivity contribution in [3.63, 3.8) is 0 Å². The van der Waals surface area contributed by atoms with Crippen LogP contribution >= 0.6 is 0 Å². The molecule has 0 aromatic rings. The highest BCUT2D eigenvalue weighted by atomic mass is 19.1. The van der Waals surface area contributed by atoms with Gasteiger partial charge in [-0.1, -0.05) is 13.8 Å². The van der Waals surface area contributed by atoms with E-state index in [1.54, 1.807) is 0 Å². The van der Waals surface area contributed by atoms with Crippen molar-refractivity contribution < 1.29 is 14.3 Å². The highest BCUT2D eigenvalue weighted by Crippen LogP contribution is 2.08. The highest BCUT2D eigenvalue weighted by Gasteiger charge is 2.14. The van der Waals surface area contributed by atoms with Crippen LogP contribution in [0.4, 0.5) is 4.39 Å². The minimum Gasteiger partial charge on any atom is -0.479 e.